The number of carbonyl (C=O) groups is 1. The number of anilines is 1. The Bertz CT molecular complexity index is 1450. The number of fused-ring (bicyclic) bond motifs is 2. The summed E-state index contributed by atoms with van der Waals surface area (Å²) in [5.74, 6) is -0.450. The van der Waals surface area contributed by atoms with E-state index in [2.05, 4.69) is 32.1 Å². The summed E-state index contributed by atoms with van der Waals surface area (Å²) in [4.78, 5) is 22.9. The van der Waals surface area contributed by atoms with E-state index in [4.69, 9.17) is 11.6 Å². The number of halogens is 2. The van der Waals surface area contributed by atoms with Gasteiger partial charge in [-0.3, -0.25) is 15.2 Å². The summed E-state index contributed by atoms with van der Waals surface area (Å²) in [6.45, 7) is 6.07. The Balaban J connectivity index is 1.68. The fourth-order valence-electron chi connectivity index (χ4n) is 4.67. The lowest BCUT2D eigenvalue weighted by molar-refractivity contribution is -0.122. The summed E-state index contributed by atoms with van der Waals surface area (Å²) in [5.41, 5.74) is 1.42. The molecule has 4 aromatic rings. The van der Waals surface area contributed by atoms with Crippen molar-refractivity contribution in [3.8, 4) is 11.1 Å². The highest BCUT2D eigenvalue weighted by atomic mass is 35.5. The van der Waals surface area contributed by atoms with Crippen LogP contribution in [0.3, 0.4) is 0 Å². The number of aliphatic hydroxyl groups excluding tert-OH is 1. The number of nitrogens with one attached hydrogen (secondary N) is 2. The first-order valence-corrected chi connectivity index (χ1v) is 11.1. The summed E-state index contributed by atoms with van der Waals surface area (Å²) in [5, 5.41) is 21.5. The summed E-state index contributed by atoms with van der Waals surface area (Å²) in [6.07, 6.45) is 4.13. The van der Waals surface area contributed by atoms with Gasteiger partial charge in [0.05, 0.1) is 23.3 Å². The molecule has 1 fully saturated rings. The number of benzene rings is 2. The van der Waals surface area contributed by atoms with Crippen LogP contribution in [0.1, 0.15) is 5.56 Å². The van der Waals surface area contributed by atoms with E-state index in [1.807, 2.05) is 24.0 Å². The van der Waals surface area contributed by atoms with Crippen molar-refractivity contribution >= 4 is 45.0 Å². The number of hydrogen-bond donors (Lipinski definition) is 3. The second-order valence-corrected chi connectivity index (χ2v) is 8.79. The molecule has 1 aliphatic rings. The molecule has 0 radical (unpaired) electrons. The smallest absolute Gasteiger partial charge is 0.179 e. The quantitative estimate of drug-likeness (QED) is 0.377. The zero-order chi connectivity index (χ0) is 24.0. The standard InChI is InChI=1S/C24H22ClFN6O2/c1-3-18(34)24(11-33)10-32(7-6-29-24)23-14-8-16(25)20(21(26)22(14)27-12-28-23)19-13(2)4-5-17-15(19)9-30-31-17/h3-5,8-9,12,29,33H,1,6-7,10-11H2,2H3,(H,30,31). The molecule has 1 atom stereocenters. The average Bonchev–Trinajstić information content (AvgIpc) is 3.33. The lowest BCUT2D eigenvalue weighted by Gasteiger charge is -2.41. The zero-order valence-corrected chi connectivity index (χ0v) is 19.2. The topological polar surface area (TPSA) is 107 Å². The van der Waals surface area contributed by atoms with Crippen molar-refractivity contribution in [3.05, 3.63) is 59.8 Å². The third-order valence-corrected chi connectivity index (χ3v) is 6.71. The second-order valence-electron chi connectivity index (χ2n) is 8.39. The average molecular weight is 481 g/mol. The van der Waals surface area contributed by atoms with Gasteiger partial charge in [-0.25, -0.2) is 14.4 Å². The first-order chi connectivity index (χ1) is 16.4. The molecule has 0 saturated carbocycles. The van der Waals surface area contributed by atoms with Gasteiger partial charge in [-0.15, -0.1) is 0 Å². The molecule has 1 unspecified atom stereocenters. The Hall–Kier alpha value is -3.40. The van der Waals surface area contributed by atoms with Gasteiger partial charge in [-0.05, 0) is 30.7 Å². The monoisotopic (exact) mass is 480 g/mol. The number of aliphatic hydroxyl groups is 1. The van der Waals surface area contributed by atoms with Crippen LogP contribution in [0.2, 0.25) is 5.02 Å². The predicted octanol–water partition coefficient (Wildman–Crippen LogP) is 3.17. The molecule has 5 rings (SSSR count). The van der Waals surface area contributed by atoms with Crippen molar-refractivity contribution in [2.45, 2.75) is 12.5 Å². The molecule has 0 spiro atoms. The van der Waals surface area contributed by atoms with E-state index in [0.717, 1.165) is 16.5 Å². The van der Waals surface area contributed by atoms with Gasteiger partial charge in [-0.1, -0.05) is 24.2 Å². The molecule has 8 nitrogen and oxygen atoms in total. The van der Waals surface area contributed by atoms with Crippen LogP contribution in [0.5, 0.6) is 0 Å². The van der Waals surface area contributed by atoms with E-state index in [0.29, 0.717) is 29.9 Å². The van der Waals surface area contributed by atoms with Crippen molar-refractivity contribution in [3.63, 3.8) is 0 Å². The van der Waals surface area contributed by atoms with E-state index >= 15 is 4.39 Å². The number of carbonyl (C=O) groups excluding carboxylic acids is 1. The Labute approximate surface area is 199 Å². The summed E-state index contributed by atoms with van der Waals surface area (Å²) in [7, 11) is 0. The van der Waals surface area contributed by atoms with Gasteiger partial charge >= 0.3 is 0 Å². The van der Waals surface area contributed by atoms with Crippen molar-refractivity contribution in [2.24, 2.45) is 0 Å². The minimum absolute atomic E-state index is 0.118. The number of rotatable bonds is 5. The molecule has 0 bridgehead atoms. The number of aromatic nitrogens is 4. The fourth-order valence-corrected chi connectivity index (χ4v) is 4.96. The maximum absolute atomic E-state index is 16.0. The normalized spacial score (nSPS) is 18.5. The number of nitrogens with zero attached hydrogens (tertiary/aromatic N) is 4. The fraction of sp³-hybridized carbons (Fsp3) is 0.250. The van der Waals surface area contributed by atoms with Gasteiger partial charge < -0.3 is 10.0 Å². The number of H-pyrrole nitrogens is 1. The van der Waals surface area contributed by atoms with Crippen LogP contribution in [-0.4, -0.2) is 62.8 Å². The predicted molar refractivity (Wildman–Crippen MR) is 130 cm³/mol. The third kappa shape index (κ3) is 3.35. The Morgan fingerprint density at radius 1 is 1.35 bits per heavy atom. The molecule has 1 saturated heterocycles. The molecule has 3 N–H and O–H groups in total. The largest absolute Gasteiger partial charge is 0.394 e. The van der Waals surface area contributed by atoms with Crippen LogP contribution in [0.15, 0.2) is 43.4 Å². The lowest BCUT2D eigenvalue weighted by Crippen LogP contribution is -2.66. The lowest BCUT2D eigenvalue weighted by atomic mass is 9.91. The van der Waals surface area contributed by atoms with Crippen LogP contribution in [0.25, 0.3) is 32.9 Å². The molecule has 1 aliphatic heterocycles. The third-order valence-electron chi connectivity index (χ3n) is 6.42. The molecule has 0 aliphatic carbocycles. The van der Waals surface area contributed by atoms with E-state index in [1.54, 1.807) is 12.3 Å². The summed E-state index contributed by atoms with van der Waals surface area (Å²) >= 11 is 6.69. The molecule has 2 aromatic carbocycles. The molecule has 0 amide bonds. The minimum Gasteiger partial charge on any atom is -0.394 e. The van der Waals surface area contributed by atoms with Gasteiger partial charge in [0, 0.05) is 41.5 Å². The van der Waals surface area contributed by atoms with Gasteiger partial charge in [0.1, 0.15) is 23.2 Å². The highest BCUT2D eigenvalue weighted by molar-refractivity contribution is 6.35. The van der Waals surface area contributed by atoms with Crippen LogP contribution in [-0.2, 0) is 4.79 Å². The van der Waals surface area contributed by atoms with Crippen molar-refractivity contribution < 1.29 is 14.3 Å². The van der Waals surface area contributed by atoms with Gasteiger partial charge in [-0.2, -0.15) is 5.10 Å². The molecule has 3 heterocycles. The van der Waals surface area contributed by atoms with Crippen LogP contribution in [0.4, 0.5) is 10.2 Å². The maximum Gasteiger partial charge on any atom is 0.179 e. The molecule has 2 aromatic heterocycles. The summed E-state index contributed by atoms with van der Waals surface area (Å²) in [6, 6.07) is 5.42. The molecule has 34 heavy (non-hydrogen) atoms. The number of aromatic amines is 1. The number of hydrogen-bond acceptors (Lipinski definition) is 7. The Morgan fingerprint density at radius 2 is 2.18 bits per heavy atom. The zero-order valence-electron chi connectivity index (χ0n) is 18.4. The maximum atomic E-state index is 16.0. The van der Waals surface area contributed by atoms with E-state index < -0.39 is 18.0 Å². The first kappa shape index (κ1) is 22.4. The number of piperazine rings is 1. The van der Waals surface area contributed by atoms with Gasteiger partial charge in [0.2, 0.25) is 0 Å². The van der Waals surface area contributed by atoms with Crippen molar-refractivity contribution in [2.75, 3.05) is 31.1 Å². The van der Waals surface area contributed by atoms with Crippen molar-refractivity contribution in [1.82, 2.24) is 25.5 Å². The summed E-state index contributed by atoms with van der Waals surface area (Å²) < 4.78 is 16.0. The van der Waals surface area contributed by atoms with E-state index in [-0.39, 0.29) is 28.4 Å². The molecular weight excluding hydrogens is 459 g/mol. The van der Waals surface area contributed by atoms with Crippen LogP contribution < -0.4 is 10.2 Å². The molecule has 174 valence electrons. The SMILES string of the molecule is C=CC(=O)C1(CO)CN(c2ncnc3c(F)c(-c4c(C)ccc5[nH]ncc45)c(Cl)cc23)CCN1. The number of ketones is 1. The van der Waals surface area contributed by atoms with E-state index in [9.17, 15) is 9.90 Å². The van der Waals surface area contributed by atoms with Crippen molar-refractivity contribution in [1.29, 1.82) is 0 Å². The van der Waals surface area contributed by atoms with Crippen LogP contribution >= 0.6 is 11.6 Å². The highest BCUT2D eigenvalue weighted by Crippen LogP contribution is 2.41. The highest BCUT2D eigenvalue weighted by Gasteiger charge is 2.41. The Morgan fingerprint density at radius 3 is 2.94 bits per heavy atom. The first-order valence-electron chi connectivity index (χ1n) is 10.7. The van der Waals surface area contributed by atoms with Gasteiger partial charge in [0.15, 0.2) is 11.6 Å². The van der Waals surface area contributed by atoms with Gasteiger partial charge in [0.25, 0.3) is 0 Å². The van der Waals surface area contributed by atoms with E-state index in [1.165, 1.54) is 12.4 Å². The Kier molecular flexibility index (Phi) is 5.55. The molecule has 10 heteroatoms. The minimum atomic E-state index is -1.21. The second kappa shape index (κ2) is 8.43. The van der Waals surface area contributed by atoms with Crippen LogP contribution in [0, 0.1) is 12.7 Å². The number of aryl methyl sites for hydroxylation is 1. The molecular formula is C24H22ClFN6O2.